The van der Waals surface area contributed by atoms with Crippen LogP contribution in [0.1, 0.15) is 39.2 Å². The molecule has 110 heavy (non-hydrogen) atoms. The highest BCUT2D eigenvalue weighted by molar-refractivity contribution is 7.92. The largest absolute Gasteiger partial charge is 0.490 e. The van der Waals surface area contributed by atoms with Crippen LogP contribution in [0.25, 0.3) is 44.5 Å². The highest BCUT2D eigenvalue weighted by atomic mass is 32.2. The van der Waals surface area contributed by atoms with Crippen molar-refractivity contribution >= 4 is 79.8 Å². The molecule has 0 aromatic heterocycles. The first-order valence-electron chi connectivity index (χ1n) is 32.6. The van der Waals surface area contributed by atoms with Crippen molar-refractivity contribution in [3.63, 3.8) is 0 Å². The summed E-state index contributed by atoms with van der Waals surface area (Å²) < 4.78 is 274. The first-order chi connectivity index (χ1) is 51.6. The highest BCUT2D eigenvalue weighted by Gasteiger charge is 2.28. The Morgan fingerprint density at radius 1 is 0.245 bits per heavy atom. The standard InChI is InChI=1S/C78H62O24S8/c1-49(2)51-8-26-63(27-9-51)103(79,80)64-28-10-52(11-29-64)53-12-30-65(31-13-53)105(83,84)68-36-18-56(19-37-68)71-45-58(20-43-75(71)107(87,88)89)55-16-34-67(35-17-55)104(81,82)66-32-14-54(15-33-66)57-6-5-7-70(44-57)106(85,86)69-38-21-59(22-39-69)100-60-23-41-73(77(46-60)109(93,94)95)102-62-25-42-74(78(48-62)110(96,97)98)101-61-24-40-72(99-50(3)4)76(47-61)108(90,91)92/h5-50H,1-4H3,(H,87,88,89)(H,90,91,92)(H,93,94,95)(H,96,97,98). The number of ether oxygens (including phenoxy) is 4. The molecule has 0 saturated carbocycles. The van der Waals surface area contributed by atoms with Crippen LogP contribution in [-0.4, -0.2) is 91.7 Å². The maximum atomic E-state index is 14.1. The van der Waals surface area contributed by atoms with E-state index in [2.05, 4.69) is 0 Å². The first-order valence-corrected chi connectivity index (χ1v) is 44.3. The van der Waals surface area contributed by atoms with Crippen LogP contribution in [0.4, 0.5) is 0 Å². The summed E-state index contributed by atoms with van der Waals surface area (Å²) in [6.45, 7) is 7.22. The molecule has 12 aromatic carbocycles. The van der Waals surface area contributed by atoms with E-state index in [1.165, 1.54) is 170 Å². The molecule has 12 rings (SSSR count). The molecule has 0 atom stereocenters. The van der Waals surface area contributed by atoms with Crippen molar-refractivity contribution in [3.05, 3.63) is 272 Å². The molecule has 0 unspecified atom stereocenters. The molecule has 0 heterocycles. The van der Waals surface area contributed by atoms with Gasteiger partial charge in [0.1, 0.15) is 59.8 Å². The van der Waals surface area contributed by atoms with Crippen LogP contribution in [-0.2, 0) is 79.8 Å². The summed E-state index contributed by atoms with van der Waals surface area (Å²) in [6, 6.07) is 59.5. The Kier molecular flexibility index (Phi) is 21.7. The van der Waals surface area contributed by atoms with Crippen molar-refractivity contribution in [2.24, 2.45) is 0 Å². The lowest BCUT2D eigenvalue weighted by molar-refractivity contribution is 0.235. The molecular weight excluding hydrogens is 1580 g/mol. The van der Waals surface area contributed by atoms with Gasteiger partial charge in [-0.1, -0.05) is 105 Å². The van der Waals surface area contributed by atoms with Gasteiger partial charge in [-0.05, 0) is 222 Å². The second kappa shape index (κ2) is 30.3. The van der Waals surface area contributed by atoms with Gasteiger partial charge in [0.15, 0.2) is 0 Å². The third-order valence-corrected chi connectivity index (χ3v) is 27.8. The maximum Gasteiger partial charge on any atom is 0.298 e. The smallest absolute Gasteiger partial charge is 0.298 e. The van der Waals surface area contributed by atoms with E-state index in [1.54, 1.807) is 68.4 Å². The Morgan fingerprint density at radius 2 is 0.536 bits per heavy atom. The van der Waals surface area contributed by atoms with E-state index in [4.69, 9.17) is 18.9 Å². The molecule has 0 radical (unpaired) electrons. The number of rotatable bonds is 25. The van der Waals surface area contributed by atoms with Crippen LogP contribution in [0.2, 0.25) is 0 Å². The zero-order valence-corrected chi connectivity index (χ0v) is 64.3. The lowest BCUT2D eigenvalue weighted by atomic mass is 9.99. The molecule has 566 valence electrons. The van der Waals surface area contributed by atoms with E-state index >= 15 is 0 Å². The Balaban J connectivity index is 0.694. The van der Waals surface area contributed by atoms with Gasteiger partial charge in [0.25, 0.3) is 40.5 Å². The van der Waals surface area contributed by atoms with Crippen LogP contribution < -0.4 is 18.9 Å². The lowest BCUT2D eigenvalue weighted by Gasteiger charge is -2.16. The summed E-state index contributed by atoms with van der Waals surface area (Å²) in [5, 5.41) is 0. The van der Waals surface area contributed by atoms with Gasteiger partial charge in [-0.2, -0.15) is 33.7 Å². The molecule has 0 spiro atoms. The summed E-state index contributed by atoms with van der Waals surface area (Å²) in [5.41, 5.74) is 4.15. The molecule has 0 saturated heterocycles. The van der Waals surface area contributed by atoms with Crippen molar-refractivity contribution < 1.29 is 105 Å². The molecule has 24 nitrogen and oxygen atoms in total. The third kappa shape index (κ3) is 17.2. The molecule has 4 N–H and O–H groups in total. The van der Waals surface area contributed by atoms with E-state index in [1.807, 2.05) is 13.8 Å². The van der Waals surface area contributed by atoms with E-state index in [-0.39, 0.29) is 79.2 Å². The highest BCUT2D eigenvalue weighted by Crippen LogP contribution is 2.42. The lowest BCUT2D eigenvalue weighted by Crippen LogP contribution is -2.10. The topological polar surface area (TPSA) is 391 Å². The van der Waals surface area contributed by atoms with Crippen LogP contribution in [0.15, 0.2) is 326 Å². The SMILES string of the molecule is CC(C)Oc1ccc(Oc2ccc(Oc3ccc(Oc4ccc(S(=O)(=O)c5cccc(-c6ccc(S(=O)(=O)c7ccc(-c8ccc(S(=O)(=O)O)c(-c9ccc(S(=O)(=O)c%10ccc(-c%11ccc(S(=O)(=O)c%12ccc(C(C)C)cc%12)cc%11)cc%10)cc9)c8)cc7)cc6)c5)cc4)cc3S(=O)(=O)O)cc2S(=O)(=O)O)cc1S(=O)(=O)O. The number of hydrogen-bond acceptors (Lipinski definition) is 20. The summed E-state index contributed by atoms with van der Waals surface area (Å²) in [6.07, 6.45) is -0.518. The van der Waals surface area contributed by atoms with Crippen molar-refractivity contribution in [2.75, 3.05) is 0 Å². The fourth-order valence-corrected chi connectivity index (χ4v) is 19.2. The second-order valence-electron chi connectivity index (χ2n) is 25.3. The number of hydrogen-bond donors (Lipinski definition) is 4. The monoisotopic (exact) mass is 1640 g/mol. The Hall–Kier alpha value is -10.7. The normalized spacial score (nSPS) is 12.6. The quantitative estimate of drug-likeness (QED) is 0.0386. The summed E-state index contributed by atoms with van der Waals surface area (Å²) in [5.74, 6) is -2.12. The number of benzene rings is 12. The summed E-state index contributed by atoms with van der Waals surface area (Å²) in [7, 11) is -36.4. The predicted octanol–water partition coefficient (Wildman–Crippen LogP) is 16.0. The van der Waals surface area contributed by atoms with Gasteiger partial charge in [0.05, 0.1) is 45.3 Å². The Morgan fingerprint density at radius 3 is 0.900 bits per heavy atom. The van der Waals surface area contributed by atoms with Gasteiger partial charge in [0, 0.05) is 23.8 Å². The van der Waals surface area contributed by atoms with E-state index < -0.39 is 123 Å². The number of sulfone groups is 4. The van der Waals surface area contributed by atoms with Crippen molar-refractivity contribution in [1.29, 1.82) is 0 Å². The molecule has 0 aliphatic rings. The molecule has 0 fully saturated rings. The zero-order chi connectivity index (χ0) is 79.3. The first kappa shape index (κ1) is 78.8. The molecule has 0 aliphatic heterocycles. The van der Waals surface area contributed by atoms with Gasteiger partial charge >= 0.3 is 0 Å². The van der Waals surface area contributed by atoms with E-state index in [0.717, 1.165) is 48.0 Å². The fourth-order valence-electron chi connectivity index (χ4n) is 11.6. The molecular formula is C78H62O24S8. The second-order valence-corrected chi connectivity index (χ2v) is 38.6. The van der Waals surface area contributed by atoms with Crippen molar-refractivity contribution in [1.82, 2.24) is 0 Å². The molecule has 32 heteroatoms. The van der Waals surface area contributed by atoms with Gasteiger partial charge in [-0.15, -0.1) is 0 Å². The average molecular weight is 1640 g/mol. The Labute approximate surface area is 635 Å². The van der Waals surface area contributed by atoms with Crippen LogP contribution in [0.5, 0.6) is 40.2 Å². The van der Waals surface area contributed by atoms with Crippen LogP contribution in [0.3, 0.4) is 0 Å². The predicted molar refractivity (Wildman–Crippen MR) is 404 cm³/mol. The van der Waals surface area contributed by atoms with Crippen LogP contribution in [0, 0.1) is 0 Å². The van der Waals surface area contributed by atoms with Crippen molar-refractivity contribution in [2.45, 2.75) is 98.5 Å². The van der Waals surface area contributed by atoms with E-state index in [0.29, 0.717) is 33.4 Å². The summed E-state index contributed by atoms with van der Waals surface area (Å²) in [4.78, 5) is -3.54. The van der Waals surface area contributed by atoms with E-state index in [9.17, 15) is 85.6 Å². The maximum absolute atomic E-state index is 14.1. The average Bonchev–Trinajstić information content (AvgIpc) is 0.781. The van der Waals surface area contributed by atoms with Gasteiger partial charge in [-0.25, -0.2) is 33.7 Å². The van der Waals surface area contributed by atoms with Crippen molar-refractivity contribution in [3.8, 4) is 84.8 Å². The Bertz CT molecular complexity index is 6560. The molecule has 12 aromatic rings. The minimum Gasteiger partial charge on any atom is -0.490 e. The molecule has 0 aliphatic carbocycles. The molecule has 0 bridgehead atoms. The minimum absolute atomic E-state index is 0.00558. The minimum atomic E-state index is -5.16. The third-order valence-electron chi connectivity index (χ3n) is 17.2. The molecule has 0 amide bonds. The zero-order valence-electron chi connectivity index (χ0n) is 57.8. The fraction of sp³-hybridized carbons (Fsp3) is 0.0769. The van der Waals surface area contributed by atoms with Gasteiger partial charge < -0.3 is 18.9 Å². The van der Waals surface area contributed by atoms with Crippen LogP contribution >= 0.6 is 0 Å². The summed E-state index contributed by atoms with van der Waals surface area (Å²) >= 11 is 0. The van der Waals surface area contributed by atoms with Gasteiger partial charge in [0.2, 0.25) is 39.3 Å². The van der Waals surface area contributed by atoms with Gasteiger partial charge in [-0.3, -0.25) is 18.2 Å².